The first-order chi connectivity index (χ1) is 8.78. The van der Waals surface area contributed by atoms with Gasteiger partial charge in [-0.25, -0.2) is 0 Å². The van der Waals surface area contributed by atoms with Crippen molar-refractivity contribution in [2.75, 3.05) is 12.4 Å². The molecule has 0 aliphatic heterocycles. The lowest BCUT2D eigenvalue weighted by Crippen LogP contribution is -1.91. The Morgan fingerprint density at radius 2 is 2.00 bits per heavy atom. The fraction of sp³-hybridized carbons (Fsp3) is 0.154. The SMILES string of the molecule is CNc1nsnc1-c1ccc2nc(C)ccc2c1. The highest BCUT2D eigenvalue weighted by Gasteiger charge is 2.09. The normalized spacial score (nSPS) is 10.8. The Morgan fingerprint density at radius 3 is 2.83 bits per heavy atom. The molecule has 0 amide bonds. The number of nitrogens with zero attached hydrogens (tertiary/aromatic N) is 3. The monoisotopic (exact) mass is 256 g/mol. The van der Waals surface area contributed by atoms with Crippen LogP contribution in [0.25, 0.3) is 22.2 Å². The molecule has 0 fully saturated rings. The predicted molar refractivity (Wildman–Crippen MR) is 74.9 cm³/mol. The highest BCUT2D eigenvalue weighted by Crippen LogP contribution is 2.28. The number of pyridine rings is 1. The van der Waals surface area contributed by atoms with E-state index in [0.29, 0.717) is 0 Å². The standard InChI is InChI=1S/C13H12N4S/c1-8-3-4-9-7-10(5-6-11(9)15-8)12-13(14-2)17-18-16-12/h3-7H,1-2H3,(H,14,17). The molecular formula is C13H12N4S. The van der Waals surface area contributed by atoms with Gasteiger partial charge in [0.2, 0.25) is 0 Å². The Balaban J connectivity index is 2.16. The van der Waals surface area contributed by atoms with E-state index in [-0.39, 0.29) is 0 Å². The van der Waals surface area contributed by atoms with E-state index in [1.165, 1.54) is 11.7 Å². The summed E-state index contributed by atoms with van der Waals surface area (Å²) in [6.45, 7) is 2.00. The molecule has 5 heteroatoms. The van der Waals surface area contributed by atoms with Gasteiger partial charge in [0.15, 0.2) is 5.82 Å². The first-order valence-corrected chi connectivity index (χ1v) is 6.39. The summed E-state index contributed by atoms with van der Waals surface area (Å²) in [7, 11) is 1.85. The summed E-state index contributed by atoms with van der Waals surface area (Å²) >= 11 is 1.22. The summed E-state index contributed by atoms with van der Waals surface area (Å²) in [4.78, 5) is 4.49. The number of fused-ring (bicyclic) bond motifs is 1. The van der Waals surface area contributed by atoms with Gasteiger partial charge in [-0.1, -0.05) is 12.1 Å². The van der Waals surface area contributed by atoms with Crippen molar-refractivity contribution in [2.24, 2.45) is 0 Å². The van der Waals surface area contributed by atoms with E-state index in [9.17, 15) is 0 Å². The van der Waals surface area contributed by atoms with E-state index in [2.05, 4.69) is 31.2 Å². The molecule has 3 rings (SSSR count). The minimum Gasteiger partial charge on any atom is -0.370 e. The molecule has 1 aromatic carbocycles. The molecule has 2 heterocycles. The zero-order valence-corrected chi connectivity index (χ0v) is 11.0. The zero-order chi connectivity index (χ0) is 12.5. The highest BCUT2D eigenvalue weighted by molar-refractivity contribution is 6.99. The van der Waals surface area contributed by atoms with Crippen LogP contribution in [0.4, 0.5) is 5.82 Å². The van der Waals surface area contributed by atoms with Crippen LogP contribution in [0, 0.1) is 6.92 Å². The number of rotatable bonds is 2. The van der Waals surface area contributed by atoms with Crippen LogP contribution in [0.3, 0.4) is 0 Å². The molecule has 0 aliphatic rings. The van der Waals surface area contributed by atoms with Crippen LogP contribution in [-0.2, 0) is 0 Å². The predicted octanol–water partition coefficient (Wildman–Crippen LogP) is 3.10. The van der Waals surface area contributed by atoms with Gasteiger partial charge in [-0.3, -0.25) is 4.98 Å². The zero-order valence-electron chi connectivity index (χ0n) is 10.1. The maximum atomic E-state index is 4.49. The summed E-state index contributed by atoms with van der Waals surface area (Å²) in [6, 6.07) is 10.3. The van der Waals surface area contributed by atoms with E-state index < -0.39 is 0 Å². The van der Waals surface area contributed by atoms with Crippen molar-refractivity contribution in [1.82, 2.24) is 13.7 Å². The first kappa shape index (κ1) is 11.1. The van der Waals surface area contributed by atoms with Crippen molar-refractivity contribution in [3.05, 3.63) is 36.0 Å². The summed E-state index contributed by atoms with van der Waals surface area (Å²) in [6.07, 6.45) is 0. The molecule has 4 nitrogen and oxygen atoms in total. The van der Waals surface area contributed by atoms with E-state index in [4.69, 9.17) is 0 Å². The molecule has 0 radical (unpaired) electrons. The Kier molecular flexibility index (Phi) is 2.68. The largest absolute Gasteiger partial charge is 0.370 e. The Morgan fingerprint density at radius 1 is 1.11 bits per heavy atom. The topological polar surface area (TPSA) is 50.7 Å². The third-order valence-corrected chi connectivity index (χ3v) is 3.36. The van der Waals surface area contributed by atoms with E-state index in [1.807, 2.05) is 32.2 Å². The maximum absolute atomic E-state index is 4.49. The van der Waals surface area contributed by atoms with Crippen molar-refractivity contribution < 1.29 is 0 Å². The summed E-state index contributed by atoms with van der Waals surface area (Å²) in [5, 5.41) is 4.17. The minimum absolute atomic E-state index is 0.819. The van der Waals surface area contributed by atoms with E-state index in [1.54, 1.807) is 0 Å². The Hall–Kier alpha value is -2.01. The van der Waals surface area contributed by atoms with Crippen molar-refractivity contribution in [3.63, 3.8) is 0 Å². The molecule has 0 spiro atoms. The van der Waals surface area contributed by atoms with Gasteiger partial charge < -0.3 is 5.32 Å². The number of aromatic nitrogens is 3. The second-order valence-electron chi connectivity index (χ2n) is 4.07. The second-order valence-corrected chi connectivity index (χ2v) is 4.60. The fourth-order valence-corrected chi connectivity index (χ4v) is 2.49. The lowest BCUT2D eigenvalue weighted by Gasteiger charge is -2.03. The van der Waals surface area contributed by atoms with Crippen molar-refractivity contribution >= 4 is 28.4 Å². The van der Waals surface area contributed by atoms with Gasteiger partial charge in [-0.15, -0.1) is 0 Å². The van der Waals surface area contributed by atoms with Crippen molar-refractivity contribution in [1.29, 1.82) is 0 Å². The average Bonchev–Trinajstić information content (AvgIpc) is 2.86. The fourth-order valence-electron chi connectivity index (χ4n) is 1.92. The number of nitrogens with one attached hydrogen (secondary N) is 1. The van der Waals surface area contributed by atoms with Gasteiger partial charge in [0.05, 0.1) is 17.2 Å². The van der Waals surface area contributed by atoms with Gasteiger partial charge in [-0.2, -0.15) is 8.75 Å². The minimum atomic E-state index is 0.819. The van der Waals surface area contributed by atoms with Crippen LogP contribution < -0.4 is 5.32 Å². The molecule has 0 aliphatic carbocycles. The molecule has 0 atom stereocenters. The number of hydrogen-bond donors (Lipinski definition) is 1. The molecule has 0 unspecified atom stereocenters. The Bertz CT molecular complexity index is 705. The lowest BCUT2D eigenvalue weighted by atomic mass is 10.1. The van der Waals surface area contributed by atoms with Crippen molar-refractivity contribution in [2.45, 2.75) is 6.92 Å². The third kappa shape index (κ3) is 1.82. The molecule has 90 valence electrons. The molecule has 2 aromatic heterocycles. The average molecular weight is 256 g/mol. The summed E-state index contributed by atoms with van der Waals surface area (Å²) < 4.78 is 8.54. The molecule has 0 saturated heterocycles. The van der Waals surface area contributed by atoms with Crippen LogP contribution in [-0.4, -0.2) is 20.8 Å². The molecule has 1 N–H and O–H groups in total. The first-order valence-electron chi connectivity index (χ1n) is 5.66. The van der Waals surface area contributed by atoms with Crippen LogP contribution in [0.2, 0.25) is 0 Å². The van der Waals surface area contributed by atoms with E-state index in [0.717, 1.165) is 33.7 Å². The van der Waals surface area contributed by atoms with Gasteiger partial charge >= 0.3 is 0 Å². The second kappa shape index (κ2) is 4.34. The molecule has 0 bridgehead atoms. The molecule has 0 saturated carbocycles. The van der Waals surface area contributed by atoms with Crippen LogP contribution in [0.5, 0.6) is 0 Å². The highest BCUT2D eigenvalue weighted by atomic mass is 32.1. The quantitative estimate of drug-likeness (QED) is 0.765. The third-order valence-electron chi connectivity index (χ3n) is 2.83. The van der Waals surface area contributed by atoms with Crippen LogP contribution in [0.15, 0.2) is 30.3 Å². The van der Waals surface area contributed by atoms with Crippen LogP contribution in [0.1, 0.15) is 5.69 Å². The smallest absolute Gasteiger partial charge is 0.167 e. The van der Waals surface area contributed by atoms with Gasteiger partial charge in [0, 0.05) is 23.7 Å². The number of hydrogen-bond acceptors (Lipinski definition) is 5. The Labute approximate surface area is 109 Å². The summed E-state index contributed by atoms with van der Waals surface area (Å²) in [5.74, 6) is 0.819. The number of benzene rings is 1. The van der Waals surface area contributed by atoms with Crippen molar-refractivity contribution in [3.8, 4) is 11.3 Å². The van der Waals surface area contributed by atoms with Gasteiger partial charge in [-0.05, 0) is 25.1 Å². The van der Waals surface area contributed by atoms with Gasteiger partial charge in [0.1, 0.15) is 5.69 Å². The number of anilines is 1. The molecule has 3 aromatic rings. The summed E-state index contributed by atoms with van der Waals surface area (Å²) in [5.41, 5.74) is 3.99. The molecular weight excluding hydrogens is 244 g/mol. The van der Waals surface area contributed by atoms with Crippen LogP contribution >= 0.6 is 11.7 Å². The van der Waals surface area contributed by atoms with E-state index >= 15 is 0 Å². The molecule has 18 heavy (non-hydrogen) atoms. The number of aryl methyl sites for hydroxylation is 1. The van der Waals surface area contributed by atoms with Gasteiger partial charge in [0.25, 0.3) is 0 Å². The lowest BCUT2D eigenvalue weighted by molar-refractivity contribution is 1.26. The maximum Gasteiger partial charge on any atom is 0.167 e.